The average Bonchev–Trinajstić information content (AvgIpc) is 2.44. The lowest BCUT2D eigenvalue weighted by molar-refractivity contribution is 0.176. The number of halogens is 1. The summed E-state index contributed by atoms with van der Waals surface area (Å²) in [6.07, 6.45) is 1.81. The first-order valence-corrected chi connectivity index (χ1v) is 8.03. The van der Waals surface area contributed by atoms with Crippen molar-refractivity contribution in [2.45, 2.75) is 24.0 Å². The standard InChI is InChI=1S/C16H18ClNOS/c1-11(18)16(12-6-5-7-13(17)10-12)19-14-8-3-4-9-15(14)20-2/h3-11,16H,18H2,1-2H3. The Labute approximate surface area is 129 Å². The van der Waals surface area contributed by atoms with E-state index < -0.39 is 0 Å². The van der Waals surface area contributed by atoms with E-state index in [-0.39, 0.29) is 12.1 Å². The predicted octanol–water partition coefficient (Wildman–Crippen LogP) is 4.53. The van der Waals surface area contributed by atoms with Gasteiger partial charge in [0.05, 0.1) is 0 Å². The molecule has 0 fully saturated rings. The molecule has 0 heterocycles. The van der Waals surface area contributed by atoms with Crippen LogP contribution in [0.2, 0.25) is 5.02 Å². The lowest BCUT2D eigenvalue weighted by Crippen LogP contribution is -2.29. The van der Waals surface area contributed by atoms with Gasteiger partial charge < -0.3 is 10.5 Å². The maximum Gasteiger partial charge on any atom is 0.139 e. The van der Waals surface area contributed by atoms with Crippen molar-refractivity contribution < 1.29 is 4.74 Å². The van der Waals surface area contributed by atoms with Gasteiger partial charge in [0, 0.05) is 16.0 Å². The highest BCUT2D eigenvalue weighted by atomic mass is 35.5. The summed E-state index contributed by atoms with van der Waals surface area (Å²) in [6, 6.07) is 15.5. The zero-order chi connectivity index (χ0) is 14.5. The van der Waals surface area contributed by atoms with Crippen LogP contribution in [0.3, 0.4) is 0 Å². The van der Waals surface area contributed by atoms with E-state index in [4.69, 9.17) is 22.1 Å². The van der Waals surface area contributed by atoms with Crippen molar-refractivity contribution in [1.29, 1.82) is 0 Å². The minimum atomic E-state index is -0.220. The van der Waals surface area contributed by atoms with Crippen molar-refractivity contribution >= 4 is 23.4 Å². The van der Waals surface area contributed by atoms with E-state index in [1.165, 1.54) is 0 Å². The Morgan fingerprint density at radius 3 is 2.55 bits per heavy atom. The van der Waals surface area contributed by atoms with Crippen molar-refractivity contribution in [3.05, 3.63) is 59.1 Å². The van der Waals surface area contributed by atoms with Crippen LogP contribution >= 0.6 is 23.4 Å². The second-order valence-corrected chi connectivity index (χ2v) is 5.89. The molecule has 2 aromatic rings. The molecule has 0 amide bonds. The molecule has 2 rings (SSSR count). The molecule has 0 aliphatic heterocycles. The Balaban J connectivity index is 2.31. The first-order chi connectivity index (χ1) is 9.61. The van der Waals surface area contributed by atoms with Gasteiger partial charge in [-0.3, -0.25) is 0 Å². The van der Waals surface area contributed by atoms with Crippen molar-refractivity contribution in [3.8, 4) is 5.75 Å². The number of benzene rings is 2. The Kier molecular flexibility index (Phi) is 5.35. The van der Waals surface area contributed by atoms with Gasteiger partial charge in [-0.05, 0) is 43.0 Å². The monoisotopic (exact) mass is 307 g/mol. The summed E-state index contributed by atoms with van der Waals surface area (Å²) in [7, 11) is 0. The van der Waals surface area contributed by atoms with E-state index in [9.17, 15) is 0 Å². The van der Waals surface area contributed by atoms with Crippen LogP contribution in [0.25, 0.3) is 0 Å². The Bertz CT molecular complexity index is 574. The summed E-state index contributed by atoms with van der Waals surface area (Å²) in [5.74, 6) is 0.849. The fourth-order valence-corrected chi connectivity index (χ4v) is 2.75. The molecular weight excluding hydrogens is 290 g/mol. The van der Waals surface area contributed by atoms with Gasteiger partial charge in [-0.15, -0.1) is 11.8 Å². The van der Waals surface area contributed by atoms with Crippen LogP contribution in [-0.4, -0.2) is 12.3 Å². The molecule has 0 aliphatic rings. The minimum Gasteiger partial charge on any atom is -0.483 e. The van der Waals surface area contributed by atoms with Crippen LogP contribution in [-0.2, 0) is 0 Å². The highest BCUT2D eigenvalue weighted by Crippen LogP contribution is 2.32. The quantitative estimate of drug-likeness (QED) is 0.824. The fourth-order valence-electron chi connectivity index (χ4n) is 2.02. The maximum atomic E-state index is 6.13. The van der Waals surface area contributed by atoms with Crippen LogP contribution in [0, 0.1) is 0 Å². The van der Waals surface area contributed by atoms with E-state index in [2.05, 4.69) is 0 Å². The molecule has 106 valence electrons. The van der Waals surface area contributed by atoms with E-state index in [1.807, 2.05) is 61.7 Å². The van der Waals surface area contributed by atoms with Gasteiger partial charge in [-0.25, -0.2) is 0 Å². The van der Waals surface area contributed by atoms with E-state index in [0.29, 0.717) is 5.02 Å². The van der Waals surface area contributed by atoms with Crippen molar-refractivity contribution in [2.75, 3.05) is 6.26 Å². The highest BCUT2D eigenvalue weighted by Gasteiger charge is 2.19. The number of hydrogen-bond donors (Lipinski definition) is 1. The molecule has 0 spiro atoms. The number of para-hydroxylation sites is 1. The van der Waals surface area contributed by atoms with Gasteiger partial charge in [-0.1, -0.05) is 35.9 Å². The second kappa shape index (κ2) is 7.02. The van der Waals surface area contributed by atoms with Gasteiger partial charge in [0.15, 0.2) is 0 Å². The molecular formula is C16H18ClNOS. The van der Waals surface area contributed by atoms with Gasteiger partial charge in [-0.2, -0.15) is 0 Å². The van der Waals surface area contributed by atoms with Crippen LogP contribution in [0.4, 0.5) is 0 Å². The smallest absolute Gasteiger partial charge is 0.139 e. The molecule has 2 aromatic carbocycles. The molecule has 0 saturated carbocycles. The third-order valence-electron chi connectivity index (χ3n) is 2.98. The van der Waals surface area contributed by atoms with Gasteiger partial charge in [0.25, 0.3) is 0 Å². The Morgan fingerprint density at radius 2 is 1.90 bits per heavy atom. The number of hydrogen-bond acceptors (Lipinski definition) is 3. The molecule has 2 unspecified atom stereocenters. The summed E-state index contributed by atoms with van der Waals surface area (Å²) in [5.41, 5.74) is 7.07. The Hall–Kier alpha value is -1.16. The van der Waals surface area contributed by atoms with E-state index in [0.717, 1.165) is 16.2 Å². The number of rotatable bonds is 5. The lowest BCUT2D eigenvalue weighted by atomic mass is 10.0. The molecule has 2 N–H and O–H groups in total. The number of thioether (sulfide) groups is 1. The molecule has 0 aromatic heterocycles. The third-order valence-corrected chi connectivity index (χ3v) is 3.99. The van der Waals surface area contributed by atoms with Gasteiger partial charge in [0.2, 0.25) is 0 Å². The average molecular weight is 308 g/mol. The molecule has 0 saturated heterocycles. The largest absolute Gasteiger partial charge is 0.483 e. The van der Waals surface area contributed by atoms with Crippen LogP contribution in [0.1, 0.15) is 18.6 Å². The van der Waals surface area contributed by atoms with E-state index in [1.54, 1.807) is 11.8 Å². The van der Waals surface area contributed by atoms with Gasteiger partial charge in [0.1, 0.15) is 11.9 Å². The molecule has 0 bridgehead atoms. The summed E-state index contributed by atoms with van der Waals surface area (Å²) in [4.78, 5) is 1.10. The van der Waals surface area contributed by atoms with Crippen LogP contribution in [0.15, 0.2) is 53.4 Å². The topological polar surface area (TPSA) is 35.2 Å². The molecule has 4 heteroatoms. The van der Waals surface area contributed by atoms with Crippen molar-refractivity contribution in [2.24, 2.45) is 5.73 Å². The minimum absolute atomic E-state index is 0.136. The maximum absolute atomic E-state index is 6.13. The first-order valence-electron chi connectivity index (χ1n) is 6.42. The van der Waals surface area contributed by atoms with Crippen LogP contribution in [0.5, 0.6) is 5.75 Å². The fraction of sp³-hybridized carbons (Fsp3) is 0.250. The van der Waals surface area contributed by atoms with Gasteiger partial charge >= 0.3 is 0 Å². The van der Waals surface area contributed by atoms with Crippen molar-refractivity contribution in [1.82, 2.24) is 0 Å². The predicted molar refractivity (Wildman–Crippen MR) is 86.7 cm³/mol. The highest BCUT2D eigenvalue weighted by molar-refractivity contribution is 7.98. The normalized spacial score (nSPS) is 13.8. The Morgan fingerprint density at radius 1 is 1.15 bits per heavy atom. The summed E-state index contributed by atoms with van der Waals surface area (Å²) in [5, 5.41) is 0.690. The molecule has 20 heavy (non-hydrogen) atoms. The van der Waals surface area contributed by atoms with Crippen molar-refractivity contribution in [3.63, 3.8) is 0 Å². The molecule has 0 aliphatic carbocycles. The second-order valence-electron chi connectivity index (χ2n) is 4.60. The summed E-state index contributed by atoms with van der Waals surface area (Å²) < 4.78 is 6.13. The van der Waals surface area contributed by atoms with Crippen LogP contribution < -0.4 is 10.5 Å². The SMILES string of the molecule is CSc1ccccc1OC(c1cccc(Cl)c1)C(C)N. The van der Waals surface area contributed by atoms with E-state index >= 15 is 0 Å². The zero-order valence-electron chi connectivity index (χ0n) is 11.5. The zero-order valence-corrected chi connectivity index (χ0v) is 13.1. The number of nitrogens with two attached hydrogens (primary N) is 1. The molecule has 2 atom stereocenters. The molecule has 0 radical (unpaired) electrons. The first kappa shape index (κ1) is 15.2. The summed E-state index contributed by atoms with van der Waals surface area (Å²) in [6.45, 7) is 1.94. The third kappa shape index (κ3) is 3.69. The lowest BCUT2D eigenvalue weighted by Gasteiger charge is -2.24. The molecule has 2 nitrogen and oxygen atoms in total. The number of ether oxygens (including phenoxy) is 1. The summed E-state index contributed by atoms with van der Waals surface area (Å²) >= 11 is 7.71.